The van der Waals surface area contributed by atoms with Crippen molar-refractivity contribution in [2.24, 2.45) is 7.05 Å². The van der Waals surface area contributed by atoms with Crippen molar-refractivity contribution < 1.29 is 0 Å². The van der Waals surface area contributed by atoms with Gasteiger partial charge in [0.15, 0.2) is 5.82 Å². The monoisotopic (exact) mass is 214 g/mol. The number of rotatable bonds is 5. The topological polar surface area (TPSA) is 55.9 Å². The highest BCUT2D eigenvalue weighted by Gasteiger charge is 2.09. The third-order valence-corrected chi connectivity index (χ3v) is 2.79. The maximum Gasteiger partial charge on any atom is 0.171 e. The molecule has 1 aromatic rings. The van der Waals surface area contributed by atoms with Crippen molar-refractivity contribution in [2.75, 3.05) is 23.1 Å². The summed E-state index contributed by atoms with van der Waals surface area (Å²) >= 11 is 1.83. The van der Waals surface area contributed by atoms with Crippen LogP contribution in [0.15, 0.2) is 6.20 Å². The molecule has 5 heteroatoms. The van der Waals surface area contributed by atoms with E-state index in [0.29, 0.717) is 11.7 Å². The van der Waals surface area contributed by atoms with E-state index in [2.05, 4.69) is 23.6 Å². The average Bonchev–Trinajstić information content (AvgIpc) is 2.44. The van der Waals surface area contributed by atoms with Crippen LogP contribution in [0.1, 0.15) is 13.3 Å². The molecule has 0 aliphatic heterocycles. The van der Waals surface area contributed by atoms with Gasteiger partial charge in [0.2, 0.25) is 0 Å². The summed E-state index contributed by atoms with van der Waals surface area (Å²) in [5.74, 6) is 1.88. The number of nitrogens with one attached hydrogen (secondary N) is 1. The molecule has 0 radical (unpaired) electrons. The summed E-state index contributed by atoms with van der Waals surface area (Å²) < 4.78 is 1.73. The average molecular weight is 214 g/mol. The van der Waals surface area contributed by atoms with Gasteiger partial charge in [-0.1, -0.05) is 6.92 Å². The number of thioether (sulfide) groups is 1. The van der Waals surface area contributed by atoms with Gasteiger partial charge in [0.1, 0.15) is 0 Å². The molecule has 0 spiro atoms. The number of hydrogen-bond acceptors (Lipinski definition) is 4. The first-order chi connectivity index (χ1) is 6.67. The molecular weight excluding hydrogens is 196 g/mol. The highest BCUT2D eigenvalue weighted by atomic mass is 32.2. The van der Waals surface area contributed by atoms with Gasteiger partial charge < -0.3 is 11.1 Å². The SMILES string of the molecule is CCC(CSC)Nc1nn(C)cc1N. The molecule has 1 heterocycles. The Bertz CT molecular complexity index is 284. The van der Waals surface area contributed by atoms with Gasteiger partial charge in [0, 0.05) is 25.0 Å². The van der Waals surface area contributed by atoms with Crippen molar-refractivity contribution in [1.29, 1.82) is 0 Å². The highest BCUT2D eigenvalue weighted by Crippen LogP contribution is 2.17. The van der Waals surface area contributed by atoms with Crippen LogP contribution in [0.3, 0.4) is 0 Å². The third-order valence-electron chi connectivity index (χ3n) is 2.06. The fourth-order valence-electron chi connectivity index (χ4n) is 1.28. The van der Waals surface area contributed by atoms with Crippen LogP contribution in [0.25, 0.3) is 0 Å². The van der Waals surface area contributed by atoms with Crippen molar-refractivity contribution in [1.82, 2.24) is 9.78 Å². The lowest BCUT2D eigenvalue weighted by molar-refractivity contribution is 0.739. The quantitative estimate of drug-likeness (QED) is 0.781. The smallest absolute Gasteiger partial charge is 0.171 e. The van der Waals surface area contributed by atoms with E-state index in [1.807, 2.05) is 25.0 Å². The van der Waals surface area contributed by atoms with Crippen molar-refractivity contribution in [2.45, 2.75) is 19.4 Å². The third kappa shape index (κ3) is 2.83. The molecule has 1 rings (SSSR count). The van der Waals surface area contributed by atoms with E-state index in [9.17, 15) is 0 Å². The Hall–Kier alpha value is -0.840. The molecule has 80 valence electrons. The van der Waals surface area contributed by atoms with E-state index in [-0.39, 0.29) is 0 Å². The number of nitrogen functional groups attached to an aromatic ring is 1. The summed E-state index contributed by atoms with van der Waals surface area (Å²) in [7, 11) is 1.87. The number of hydrogen-bond donors (Lipinski definition) is 2. The Morgan fingerprint density at radius 1 is 1.71 bits per heavy atom. The summed E-state index contributed by atoms with van der Waals surface area (Å²) in [6, 6.07) is 0.446. The minimum atomic E-state index is 0.446. The largest absolute Gasteiger partial charge is 0.394 e. The molecular formula is C9H18N4S. The summed E-state index contributed by atoms with van der Waals surface area (Å²) in [4.78, 5) is 0. The van der Waals surface area contributed by atoms with Crippen LogP contribution in [-0.4, -0.2) is 27.8 Å². The second-order valence-corrected chi connectivity index (χ2v) is 4.22. The molecule has 1 unspecified atom stereocenters. The Balaban J connectivity index is 2.61. The second-order valence-electron chi connectivity index (χ2n) is 3.31. The van der Waals surface area contributed by atoms with E-state index in [4.69, 9.17) is 5.73 Å². The van der Waals surface area contributed by atoms with Crippen LogP contribution < -0.4 is 11.1 Å². The van der Waals surface area contributed by atoms with E-state index in [1.165, 1.54) is 0 Å². The molecule has 0 saturated heterocycles. The van der Waals surface area contributed by atoms with Gasteiger partial charge in [0.05, 0.1) is 5.69 Å². The molecule has 1 aromatic heterocycles. The maximum absolute atomic E-state index is 5.79. The number of nitrogens with zero attached hydrogens (tertiary/aromatic N) is 2. The summed E-state index contributed by atoms with van der Waals surface area (Å²) in [6.45, 7) is 2.16. The van der Waals surface area contributed by atoms with Gasteiger partial charge in [-0.3, -0.25) is 4.68 Å². The molecule has 0 aliphatic rings. The fourth-order valence-corrected chi connectivity index (χ4v) is 2.00. The first-order valence-electron chi connectivity index (χ1n) is 4.72. The minimum Gasteiger partial charge on any atom is -0.394 e. The van der Waals surface area contributed by atoms with Crippen LogP contribution in [-0.2, 0) is 7.05 Å². The number of aromatic nitrogens is 2. The molecule has 3 N–H and O–H groups in total. The van der Waals surface area contributed by atoms with Crippen molar-refractivity contribution in [3.63, 3.8) is 0 Å². The van der Waals surface area contributed by atoms with Gasteiger partial charge in [0.25, 0.3) is 0 Å². The lowest BCUT2D eigenvalue weighted by Crippen LogP contribution is -2.22. The molecule has 4 nitrogen and oxygen atoms in total. The lowest BCUT2D eigenvalue weighted by atomic mass is 10.2. The maximum atomic E-state index is 5.79. The zero-order valence-electron chi connectivity index (χ0n) is 8.95. The van der Waals surface area contributed by atoms with Crippen molar-refractivity contribution in [3.05, 3.63) is 6.20 Å². The molecule has 0 aromatic carbocycles. The molecule has 0 aliphatic carbocycles. The Morgan fingerprint density at radius 2 is 2.43 bits per heavy atom. The normalized spacial score (nSPS) is 12.8. The van der Waals surface area contributed by atoms with Gasteiger partial charge >= 0.3 is 0 Å². The van der Waals surface area contributed by atoms with Crippen molar-refractivity contribution >= 4 is 23.3 Å². The predicted octanol–water partition coefficient (Wildman–Crippen LogP) is 1.56. The van der Waals surface area contributed by atoms with Crippen molar-refractivity contribution in [3.8, 4) is 0 Å². The molecule has 0 amide bonds. The van der Waals surface area contributed by atoms with E-state index in [0.717, 1.165) is 18.0 Å². The predicted molar refractivity (Wildman–Crippen MR) is 63.7 cm³/mol. The minimum absolute atomic E-state index is 0.446. The zero-order chi connectivity index (χ0) is 10.6. The zero-order valence-corrected chi connectivity index (χ0v) is 9.77. The Labute approximate surface area is 89.2 Å². The van der Waals surface area contributed by atoms with Gasteiger partial charge in [-0.25, -0.2) is 0 Å². The number of nitrogens with two attached hydrogens (primary N) is 1. The molecule has 0 bridgehead atoms. The summed E-state index contributed by atoms with van der Waals surface area (Å²) in [5.41, 5.74) is 6.50. The first-order valence-corrected chi connectivity index (χ1v) is 6.11. The van der Waals surface area contributed by atoms with Gasteiger partial charge in [-0.2, -0.15) is 16.9 Å². The first kappa shape index (κ1) is 11.2. The highest BCUT2D eigenvalue weighted by molar-refractivity contribution is 7.98. The van der Waals surface area contributed by atoms with Crippen LogP contribution in [0.4, 0.5) is 11.5 Å². The van der Waals surface area contributed by atoms with Crippen LogP contribution in [0.2, 0.25) is 0 Å². The van der Waals surface area contributed by atoms with Crippen LogP contribution in [0.5, 0.6) is 0 Å². The summed E-state index contributed by atoms with van der Waals surface area (Å²) in [6.07, 6.45) is 5.00. The van der Waals surface area contributed by atoms with Gasteiger partial charge in [-0.05, 0) is 12.7 Å². The molecule has 0 saturated carbocycles. The second kappa shape index (κ2) is 5.14. The standard InChI is InChI=1S/C9H18N4S/c1-4-7(6-14-3)11-9-8(10)5-13(2)12-9/h5,7H,4,6,10H2,1-3H3,(H,11,12). The Kier molecular flexibility index (Phi) is 4.13. The van der Waals surface area contributed by atoms with Gasteiger partial charge in [-0.15, -0.1) is 0 Å². The van der Waals surface area contributed by atoms with Crippen LogP contribution >= 0.6 is 11.8 Å². The van der Waals surface area contributed by atoms with E-state index in [1.54, 1.807) is 4.68 Å². The fraction of sp³-hybridized carbons (Fsp3) is 0.667. The van der Waals surface area contributed by atoms with E-state index >= 15 is 0 Å². The molecule has 0 fully saturated rings. The summed E-state index contributed by atoms with van der Waals surface area (Å²) in [5, 5.41) is 7.59. The molecule has 1 atom stereocenters. The molecule has 14 heavy (non-hydrogen) atoms. The van der Waals surface area contributed by atoms with E-state index < -0.39 is 0 Å². The number of aryl methyl sites for hydroxylation is 1. The lowest BCUT2D eigenvalue weighted by Gasteiger charge is -2.15. The van der Waals surface area contributed by atoms with Crippen LogP contribution in [0, 0.1) is 0 Å². The number of anilines is 2. The Morgan fingerprint density at radius 3 is 2.86 bits per heavy atom.